The molecule has 0 unspecified atom stereocenters. The van der Waals surface area contributed by atoms with Gasteiger partial charge in [0.15, 0.2) is 0 Å². The molecule has 1 aliphatic rings. The number of hydrogen-bond acceptors (Lipinski definition) is 2. The second-order valence-electron chi connectivity index (χ2n) is 6.24. The first kappa shape index (κ1) is 16.9. The van der Waals surface area contributed by atoms with Crippen molar-refractivity contribution in [3.63, 3.8) is 0 Å². The summed E-state index contributed by atoms with van der Waals surface area (Å²) in [6.07, 6.45) is 2.05. The van der Waals surface area contributed by atoms with Crippen LogP contribution in [0.4, 0.5) is 4.39 Å². The van der Waals surface area contributed by atoms with Crippen molar-refractivity contribution in [2.45, 2.75) is 31.5 Å². The summed E-state index contributed by atoms with van der Waals surface area (Å²) in [5, 5.41) is 3.71. The Balaban J connectivity index is 1.83. The minimum Gasteiger partial charge on any atom is -0.352 e. The highest BCUT2D eigenvalue weighted by atomic mass is 35.5. The Kier molecular flexibility index (Phi) is 5.17. The van der Waals surface area contributed by atoms with E-state index < -0.39 is 6.04 Å². The highest BCUT2D eigenvalue weighted by Crippen LogP contribution is 2.27. The highest BCUT2D eigenvalue weighted by molar-refractivity contribution is 6.31. The van der Waals surface area contributed by atoms with E-state index in [4.69, 9.17) is 11.6 Å². The molecule has 1 aliphatic carbocycles. The Morgan fingerprint density at radius 2 is 1.92 bits per heavy atom. The van der Waals surface area contributed by atoms with Crippen molar-refractivity contribution < 1.29 is 9.18 Å². The van der Waals surface area contributed by atoms with Gasteiger partial charge in [-0.3, -0.25) is 9.69 Å². The average molecular weight is 347 g/mol. The summed E-state index contributed by atoms with van der Waals surface area (Å²) >= 11 is 6.24. The largest absolute Gasteiger partial charge is 0.352 e. The first-order valence-electron chi connectivity index (χ1n) is 8.04. The third-order valence-electron chi connectivity index (χ3n) is 4.18. The zero-order valence-corrected chi connectivity index (χ0v) is 14.3. The number of benzene rings is 2. The lowest BCUT2D eigenvalue weighted by Gasteiger charge is -2.28. The monoisotopic (exact) mass is 346 g/mol. The van der Waals surface area contributed by atoms with E-state index in [1.165, 1.54) is 12.1 Å². The Morgan fingerprint density at radius 3 is 2.54 bits per heavy atom. The average Bonchev–Trinajstić information content (AvgIpc) is 3.36. The van der Waals surface area contributed by atoms with E-state index in [0.29, 0.717) is 11.6 Å². The molecule has 0 aliphatic heterocycles. The second-order valence-corrected chi connectivity index (χ2v) is 6.65. The first-order chi connectivity index (χ1) is 11.5. The van der Waals surface area contributed by atoms with Gasteiger partial charge in [-0.15, -0.1) is 0 Å². The van der Waals surface area contributed by atoms with Crippen LogP contribution in [0, 0.1) is 5.82 Å². The summed E-state index contributed by atoms with van der Waals surface area (Å²) in [6.45, 7) is 0.528. The van der Waals surface area contributed by atoms with Crippen LogP contribution in [-0.2, 0) is 11.3 Å². The first-order valence-corrected chi connectivity index (χ1v) is 8.42. The molecule has 0 heterocycles. The van der Waals surface area contributed by atoms with Gasteiger partial charge in [-0.1, -0.05) is 41.9 Å². The molecule has 0 saturated heterocycles. The number of hydrogen-bond donors (Lipinski definition) is 1. The van der Waals surface area contributed by atoms with Gasteiger partial charge in [-0.05, 0) is 49.2 Å². The quantitative estimate of drug-likeness (QED) is 0.859. The van der Waals surface area contributed by atoms with E-state index >= 15 is 0 Å². The third kappa shape index (κ3) is 4.13. The Hall–Kier alpha value is -1.91. The number of amides is 1. The lowest BCUT2D eigenvalue weighted by molar-refractivity contribution is -0.126. The predicted molar refractivity (Wildman–Crippen MR) is 93.2 cm³/mol. The zero-order valence-electron chi connectivity index (χ0n) is 13.5. The minimum absolute atomic E-state index is 0.0568. The summed E-state index contributed by atoms with van der Waals surface area (Å²) in [5.41, 5.74) is 1.72. The summed E-state index contributed by atoms with van der Waals surface area (Å²) in [6, 6.07) is 13.5. The number of rotatable bonds is 6. The molecule has 3 rings (SSSR count). The van der Waals surface area contributed by atoms with Gasteiger partial charge in [0.05, 0.1) is 0 Å². The molecular formula is C19H20ClFN2O. The SMILES string of the molecule is CN(Cc1ccccc1Cl)[C@H](C(=O)NC1CC1)c1ccc(F)cc1. The van der Waals surface area contributed by atoms with Crippen molar-refractivity contribution in [1.29, 1.82) is 0 Å². The van der Waals surface area contributed by atoms with Gasteiger partial charge in [0.1, 0.15) is 11.9 Å². The van der Waals surface area contributed by atoms with E-state index in [-0.39, 0.29) is 17.8 Å². The van der Waals surface area contributed by atoms with Gasteiger partial charge in [0.25, 0.3) is 0 Å². The number of nitrogens with zero attached hydrogens (tertiary/aromatic N) is 1. The molecule has 0 bridgehead atoms. The number of carbonyl (C=O) groups is 1. The topological polar surface area (TPSA) is 32.3 Å². The van der Waals surface area contributed by atoms with Crippen molar-refractivity contribution in [3.05, 3.63) is 70.5 Å². The molecule has 0 spiro atoms. The Bertz CT molecular complexity index is 716. The van der Waals surface area contributed by atoms with Gasteiger partial charge < -0.3 is 5.32 Å². The van der Waals surface area contributed by atoms with Crippen LogP contribution in [0.3, 0.4) is 0 Å². The highest BCUT2D eigenvalue weighted by Gasteiger charge is 2.31. The molecule has 3 nitrogen and oxygen atoms in total. The third-order valence-corrected chi connectivity index (χ3v) is 4.54. The summed E-state index contributed by atoms with van der Waals surface area (Å²) in [7, 11) is 1.88. The summed E-state index contributed by atoms with van der Waals surface area (Å²) < 4.78 is 13.2. The van der Waals surface area contributed by atoms with Crippen molar-refractivity contribution in [2.24, 2.45) is 0 Å². The molecule has 1 fully saturated rings. The molecule has 2 aromatic carbocycles. The fourth-order valence-corrected chi connectivity index (χ4v) is 2.94. The molecule has 1 atom stereocenters. The lowest BCUT2D eigenvalue weighted by Crippen LogP contribution is -2.39. The van der Waals surface area contributed by atoms with Crippen LogP contribution in [-0.4, -0.2) is 23.9 Å². The molecule has 5 heteroatoms. The number of likely N-dealkylation sites (N-methyl/N-ethyl adjacent to an activating group) is 1. The fraction of sp³-hybridized carbons (Fsp3) is 0.316. The van der Waals surface area contributed by atoms with E-state index in [1.807, 2.05) is 36.2 Å². The summed E-state index contributed by atoms with van der Waals surface area (Å²) in [5.74, 6) is -0.368. The van der Waals surface area contributed by atoms with Gasteiger partial charge in [-0.2, -0.15) is 0 Å². The molecule has 24 heavy (non-hydrogen) atoms. The van der Waals surface area contributed by atoms with Crippen molar-refractivity contribution in [2.75, 3.05) is 7.05 Å². The summed E-state index contributed by atoms with van der Waals surface area (Å²) in [4.78, 5) is 14.7. The Morgan fingerprint density at radius 1 is 1.25 bits per heavy atom. The molecule has 2 aromatic rings. The maximum Gasteiger partial charge on any atom is 0.242 e. The molecule has 1 amide bonds. The van der Waals surface area contributed by atoms with Crippen molar-refractivity contribution in [1.82, 2.24) is 10.2 Å². The van der Waals surface area contributed by atoms with Crippen LogP contribution in [0.5, 0.6) is 0 Å². The lowest BCUT2D eigenvalue weighted by atomic mass is 10.0. The number of carbonyl (C=O) groups excluding carboxylic acids is 1. The van der Waals surface area contributed by atoms with Crippen LogP contribution in [0.15, 0.2) is 48.5 Å². The number of halogens is 2. The van der Waals surface area contributed by atoms with Gasteiger partial charge in [0, 0.05) is 17.6 Å². The van der Waals surface area contributed by atoms with E-state index in [0.717, 1.165) is 24.0 Å². The molecular weight excluding hydrogens is 327 g/mol. The van der Waals surface area contributed by atoms with E-state index in [2.05, 4.69) is 5.32 Å². The van der Waals surface area contributed by atoms with Crippen LogP contribution < -0.4 is 5.32 Å². The van der Waals surface area contributed by atoms with Crippen LogP contribution >= 0.6 is 11.6 Å². The second kappa shape index (κ2) is 7.32. The fourth-order valence-electron chi connectivity index (χ4n) is 2.75. The van der Waals surface area contributed by atoms with Crippen LogP contribution in [0.25, 0.3) is 0 Å². The smallest absolute Gasteiger partial charge is 0.242 e. The molecule has 1 saturated carbocycles. The van der Waals surface area contributed by atoms with E-state index in [9.17, 15) is 9.18 Å². The Labute approximate surface area is 146 Å². The predicted octanol–water partition coefficient (Wildman–Crippen LogP) is 3.93. The molecule has 0 radical (unpaired) electrons. The van der Waals surface area contributed by atoms with Crippen LogP contribution in [0.1, 0.15) is 30.0 Å². The zero-order chi connectivity index (χ0) is 17.1. The normalized spacial score (nSPS) is 15.3. The van der Waals surface area contributed by atoms with Gasteiger partial charge in [-0.25, -0.2) is 4.39 Å². The molecule has 1 N–H and O–H groups in total. The standard InChI is InChI=1S/C19H20ClFN2O/c1-23(12-14-4-2-3-5-17(14)20)18(19(24)22-16-10-11-16)13-6-8-15(21)9-7-13/h2-9,16,18H,10-12H2,1H3,(H,22,24)/t18-/m0/s1. The minimum atomic E-state index is -0.484. The molecule has 0 aromatic heterocycles. The molecule has 126 valence electrons. The van der Waals surface area contributed by atoms with Crippen molar-refractivity contribution >= 4 is 17.5 Å². The van der Waals surface area contributed by atoms with Gasteiger partial charge in [0.2, 0.25) is 5.91 Å². The van der Waals surface area contributed by atoms with Gasteiger partial charge >= 0.3 is 0 Å². The van der Waals surface area contributed by atoms with Crippen molar-refractivity contribution in [3.8, 4) is 0 Å². The van der Waals surface area contributed by atoms with Crippen LogP contribution in [0.2, 0.25) is 5.02 Å². The number of nitrogens with one attached hydrogen (secondary N) is 1. The van der Waals surface area contributed by atoms with E-state index in [1.54, 1.807) is 12.1 Å². The maximum absolute atomic E-state index is 13.2. The maximum atomic E-state index is 13.2.